The first-order chi connectivity index (χ1) is 18.4. The van der Waals surface area contributed by atoms with Crippen LogP contribution in [0.1, 0.15) is 37.4 Å². The maximum absolute atomic E-state index is 11.7. The lowest BCUT2D eigenvalue weighted by molar-refractivity contribution is -0.114. The zero-order valence-electron chi connectivity index (χ0n) is 21.7. The van der Waals surface area contributed by atoms with Crippen LogP contribution in [0.25, 0.3) is 22.2 Å². The van der Waals surface area contributed by atoms with Crippen molar-refractivity contribution in [2.24, 2.45) is 12.5 Å². The Hall–Kier alpha value is -3.52. The van der Waals surface area contributed by atoms with Gasteiger partial charge in [0.05, 0.1) is 47.8 Å². The van der Waals surface area contributed by atoms with Crippen LogP contribution in [0.15, 0.2) is 24.5 Å². The van der Waals surface area contributed by atoms with Crippen LogP contribution in [0.5, 0.6) is 5.75 Å². The van der Waals surface area contributed by atoms with Crippen LogP contribution in [0.3, 0.4) is 0 Å². The van der Waals surface area contributed by atoms with Gasteiger partial charge in [-0.05, 0) is 18.9 Å². The molecular formula is C28H31N5O5. The van der Waals surface area contributed by atoms with Crippen molar-refractivity contribution in [1.29, 1.82) is 5.26 Å². The summed E-state index contributed by atoms with van der Waals surface area (Å²) in [5.74, 6) is 1.02. The smallest absolute Gasteiger partial charge is 0.222 e. The Morgan fingerprint density at radius 2 is 2.03 bits per heavy atom. The van der Waals surface area contributed by atoms with Crippen molar-refractivity contribution < 1.29 is 23.7 Å². The molecular weight excluding hydrogens is 486 g/mol. The van der Waals surface area contributed by atoms with Crippen LogP contribution in [0, 0.1) is 16.7 Å². The number of amides is 1. The molecule has 6 heterocycles. The number of carbonyl (C=O) groups excluding carboxylic acids is 1. The Morgan fingerprint density at radius 3 is 2.76 bits per heavy atom. The van der Waals surface area contributed by atoms with E-state index in [9.17, 15) is 10.1 Å². The number of carbonyl (C=O) groups is 1. The summed E-state index contributed by atoms with van der Waals surface area (Å²) in [4.78, 5) is 21.2. The normalized spacial score (nSPS) is 22.2. The van der Waals surface area contributed by atoms with Gasteiger partial charge in [-0.1, -0.05) is 0 Å². The first-order valence-electron chi connectivity index (χ1n) is 13.0. The quantitative estimate of drug-likeness (QED) is 0.546. The molecule has 6 rings (SSSR count). The molecule has 3 aliphatic heterocycles. The summed E-state index contributed by atoms with van der Waals surface area (Å²) in [6.45, 7) is 4.49. The minimum absolute atomic E-state index is 0.184. The van der Waals surface area contributed by atoms with Gasteiger partial charge in [-0.3, -0.25) is 4.79 Å². The van der Waals surface area contributed by atoms with E-state index in [1.54, 1.807) is 6.20 Å². The van der Waals surface area contributed by atoms with Gasteiger partial charge in [0, 0.05) is 75.4 Å². The largest absolute Gasteiger partial charge is 0.491 e. The van der Waals surface area contributed by atoms with Crippen LogP contribution in [0.4, 0.5) is 5.82 Å². The molecule has 3 aromatic heterocycles. The van der Waals surface area contributed by atoms with Gasteiger partial charge >= 0.3 is 0 Å². The second kappa shape index (κ2) is 9.66. The first-order valence-corrected chi connectivity index (χ1v) is 13.0. The summed E-state index contributed by atoms with van der Waals surface area (Å²) in [7, 11) is 1.96. The molecule has 1 spiro atoms. The number of fused-ring (bicyclic) bond motifs is 3. The maximum atomic E-state index is 11.7. The van der Waals surface area contributed by atoms with E-state index in [1.165, 1.54) is 6.92 Å². The monoisotopic (exact) mass is 517 g/mol. The number of hydrogen-bond donors (Lipinski definition) is 1. The zero-order chi connectivity index (χ0) is 26.3. The van der Waals surface area contributed by atoms with Gasteiger partial charge in [-0.25, -0.2) is 9.97 Å². The molecule has 2 fully saturated rings. The fraction of sp³-hybridized carbons (Fsp3) is 0.500. The van der Waals surface area contributed by atoms with E-state index in [0.29, 0.717) is 64.7 Å². The summed E-state index contributed by atoms with van der Waals surface area (Å²) in [6.07, 6.45) is 6.45. The highest BCUT2D eigenvalue weighted by atomic mass is 16.6. The van der Waals surface area contributed by atoms with Crippen molar-refractivity contribution in [2.45, 2.75) is 38.2 Å². The number of nitrogens with one attached hydrogen (secondary N) is 1. The number of hydrogen-bond acceptors (Lipinski definition) is 8. The molecule has 38 heavy (non-hydrogen) atoms. The third kappa shape index (κ3) is 4.30. The van der Waals surface area contributed by atoms with E-state index >= 15 is 0 Å². The van der Waals surface area contributed by atoms with E-state index in [2.05, 4.69) is 16.4 Å². The molecule has 10 heteroatoms. The van der Waals surface area contributed by atoms with Gasteiger partial charge < -0.3 is 28.8 Å². The molecule has 10 nitrogen and oxygen atoms in total. The second-order valence-electron chi connectivity index (χ2n) is 10.4. The Morgan fingerprint density at radius 1 is 1.21 bits per heavy atom. The van der Waals surface area contributed by atoms with Crippen molar-refractivity contribution in [3.63, 3.8) is 0 Å². The van der Waals surface area contributed by atoms with Crippen LogP contribution in [0.2, 0.25) is 0 Å². The third-order valence-electron chi connectivity index (χ3n) is 7.88. The number of aryl methyl sites for hydroxylation is 1. The van der Waals surface area contributed by atoms with Crippen molar-refractivity contribution in [1.82, 2.24) is 14.5 Å². The van der Waals surface area contributed by atoms with Crippen LogP contribution in [-0.4, -0.2) is 60.1 Å². The molecule has 0 saturated carbocycles. The lowest BCUT2D eigenvalue weighted by atomic mass is 9.82. The van der Waals surface area contributed by atoms with Crippen LogP contribution < -0.4 is 10.1 Å². The average molecular weight is 518 g/mol. The number of ether oxygens (including phenoxy) is 4. The van der Waals surface area contributed by atoms with Gasteiger partial charge in [0.2, 0.25) is 5.91 Å². The molecule has 3 aliphatic rings. The third-order valence-corrected chi connectivity index (χ3v) is 7.88. The number of nitrogens with zero attached hydrogens (tertiary/aromatic N) is 4. The van der Waals surface area contributed by atoms with Crippen LogP contribution >= 0.6 is 0 Å². The molecule has 0 aliphatic carbocycles. The second-order valence-corrected chi connectivity index (χ2v) is 10.4. The summed E-state index contributed by atoms with van der Waals surface area (Å²) in [5, 5.41) is 13.7. The van der Waals surface area contributed by atoms with E-state index < -0.39 is 11.0 Å². The standard InChI is InChI=1S/C28H31N5O5/c1-18(34)31-25-11-20-21(14-33(2)23(20)13-30-25)22-12-24(37-16-27(15-29)4-8-35-9-5-27)19-3-7-38-28(26(19)32-22)6-10-36-17-28/h11-14H,3-10,16-17H2,1-2H3,(H,30,31,34). The Balaban J connectivity index is 1.48. The molecule has 0 aromatic carbocycles. The number of pyridine rings is 2. The number of anilines is 1. The zero-order valence-corrected chi connectivity index (χ0v) is 21.7. The average Bonchev–Trinajstić information content (AvgIpc) is 3.52. The molecule has 1 unspecified atom stereocenters. The van der Waals surface area contributed by atoms with Crippen molar-refractivity contribution in [2.75, 3.05) is 45.0 Å². The lowest BCUT2D eigenvalue weighted by Gasteiger charge is -2.35. The number of aromatic nitrogens is 3. The van der Waals surface area contributed by atoms with Gasteiger partial charge in [0.15, 0.2) is 0 Å². The van der Waals surface area contributed by atoms with Crippen molar-refractivity contribution in [3.05, 3.63) is 35.8 Å². The Kier molecular flexibility index (Phi) is 6.30. The molecule has 0 radical (unpaired) electrons. The predicted octanol–water partition coefficient (Wildman–Crippen LogP) is 3.48. The van der Waals surface area contributed by atoms with E-state index in [1.807, 2.05) is 29.9 Å². The predicted molar refractivity (Wildman–Crippen MR) is 139 cm³/mol. The highest BCUT2D eigenvalue weighted by Gasteiger charge is 2.45. The lowest BCUT2D eigenvalue weighted by Crippen LogP contribution is -2.38. The molecule has 0 bridgehead atoms. The van der Waals surface area contributed by atoms with E-state index in [0.717, 1.165) is 45.6 Å². The SMILES string of the molecule is CC(=O)Nc1cc2c(-c3cc(OCC4(C#N)CCOCC4)c4c(n3)C3(CCOC3)OCC4)cn(C)c2cn1. The maximum Gasteiger partial charge on any atom is 0.222 e. The fourth-order valence-electron chi connectivity index (χ4n) is 5.69. The van der Waals surface area contributed by atoms with Gasteiger partial charge in [0.1, 0.15) is 23.8 Å². The topological polar surface area (TPSA) is 121 Å². The minimum atomic E-state index is -0.610. The molecule has 198 valence electrons. The molecule has 2 saturated heterocycles. The Labute approximate surface area is 220 Å². The molecule has 3 aromatic rings. The highest BCUT2D eigenvalue weighted by Crippen LogP contribution is 2.44. The first kappa shape index (κ1) is 24.8. The molecule has 1 atom stereocenters. The van der Waals surface area contributed by atoms with Crippen molar-refractivity contribution >= 4 is 22.6 Å². The summed E-state index contributed by atoms with van der Waals surface area (Å²) >= 11 is 0. The van der Waals surface area contributed by atoms with Gasteiger partial charge in [-0.15, -0.1) is 0 Å². The van der Waals surface area contributed by atoms with Gasteiger partial charge in [-0.2, -0.15) is 5.26 Å². The van der Waals surface area contributed by atoms with E-state index in [4.69, 9.17) is 23.9 Å². The number of nitriles is 1. The Bertz CT molecular complexity index is 1430. The fourth-order valence-corrected chi connectivity index (χ4v) is 5.69. The summed E-state index contributed by atoms with van der Waals surface area (Å²) in [6, 6.07) is 6.35. The summed E-state index contributed by atoms with van der Waals surface area (Å²) in [5.41, 5.74) is 3.22. The van der Waals surface area contributed by atoms with E-state index in [-0.39, 0.29) is 5.91 Å². The summed E-state index contributed by atoms with van der Waals surface area (Å²) < 4.78 is 26.1. The molecule has 1 amide bonds. The van der Waals surface area contributed by atoms with Crippen molar-refractivity contribution in [3.8, 4) is 23.1 Å². The minimum Gasteiger partial charge on any atom is -0.491 e. The highest BCUT2D eigenvalue weighted by molar-refractivity contribution is 5.98. The number of rotatable bonds is 5. The molecule has 1 N–H and O–H groups in total. The van der Waals surface area contributed by atoms with Crippen LogP contribution in [-0.2, 0) is 38.1 Å². The van der Waals surface area contributed by atoms with Gasteiger partial charge in [0.25, 0.3) is 0 Å².